The van der Waals surface area contributed by atoms with Crippen molar-refractivity contribution in [3.05, 3.63) is 48.0 Å². The van der Waals surface area contributed by atoms with E-state index < -0.39 is 18.1 Å². The maximum absolute atomic E-state index is 12.3. The molecule has 2 aromatic rings. The summed E-state index contributed by atoms with van der Waals surface area (Å²) in [6.07, 6.45) is 1.47. The Morgan fingerprint density at radius 1 is 1.25 bits per heavy atom. The summed E-state index contributed by atoms with van der Waals surface area (Å²) >= 11 is 0. The van der Waals surface area contributed by atoms with Crippen molar-refractivity contribution < 1.29 is 19.1 Å². The number of ether oxygens (including phenoxy) is 2. The predicted octanol–water partition coefficient (Wildman–Crippen LogP) is 2.22. The SMILES string of the molecule is COC(=O)[C@@H](Cc1cccc2ccccc12)NC(=O)[C@@H]1CCCO1. The third-order valence-corrected chi connectivity index (χ3v) is 4.33. The fraction of sp³-hybridized carbons (Fsp3) is 0.368. The highest BCUT2D eigenvalue weighted by Gasteiger charge is 2.29. The smallest absolute Gasteiger partial charge is 0.328 e. The highest BCUT2D eigenvalue weighted by Crippen LogP contribution is 2.20. The van der Waals surface area contributed by atoms with E-state index in [2.05, 4.69) is 5.32 Å². The number of hydrogen-bond donors (Lipinski definition) is 1. The lowest BCUT2D eigenvalue weighted by atomic mass is 9.98. The average molecular weight is 327 g/mol. The van der Waals surface area contributed by atoms with E-state index in [1.807, 2.05) is 42.5 Å². The first-order valence-corrected chi connectivity index (χ1v) is 8.15. The molecule has 3 rings (SSSR count). The van der Waals surface area contributed by atoms with Crippen molar-refractivity contribution in [3.63, 3.8) is 0 Å². The number of benzene rings is 2. The van der Waals surface area contributed by atoms with Gasteiger partial charge in [-0.1, -0.05) is 42.5 Å². The van der Waals surface area contributed by atoms with Crippen LogP contribution in [0, 0.1) is 0 Å². The van der Waals surface area contributed by atoms with Gasteiger partial charge in [-0.15, -0.1) is 0 Å². The van der Waals surface area contributed by atoms with Gasteiger partial charge in [0, 0.05) is 13.0 Å². The number of fused-ring (bicyclic) bond motifs is 1. The van der Waals surface area contributed by atoms with Gasteiger partial charge in [-0.3, -0.25) is 4.79 Å². The molecule has 1 aliphatic rings. The van der Waals surface area contributed by atoms with Crippen molar-refractivity contribution in [2.75, 3.05) is 13.7 Å². The molecule has 2 atom stereocenters. The third-order valence-electron chi connectivity index (χ3n) is 4.33. The summed E-state index contributed by atoms with van der Waals surface area (Å²) in [5, 5.41) is 4.96. The summed E-state index contributed by atoms with van der Waals surface area (Å²) in [7, 11) is 1.33. The molecule has 0 radical (unpaired) electrons. The van der Waals surface area contributed by atoms with Crippen LogP contribution >= 0.6 is 0 Å². The summed E-state index contributed by atoms with van der Waals surface area (Å²) in [6, 6.07) is 13.2. The summed E-state index contributed by atoms with van der Waals surface area (Å²) in [6.45, 7) is 0.588. The van der Waals surface area contributed by atoms with Gasteiger partial charge in [-0.25, -0.2) is 4.79 Å². The molecule has 5 nitrogen and oxygen atoms in total. The van der Waals surface area contributed by atoms with Gasteiger partial charge in [0.2, 0.25) is 5.91 Å². The molecule has 0 bridgehead atoms. The average Bonchev–Trinajstić information content (AvgIpc) is 3.15. The number of nitrogens with one attached hydrogen (secondary N) is 1. The van der Waals surface area contributed by atoms with E-state index in [0.717, 1.165) is 22.8 Å². The lowest BCUT2D eigenvalue weighted by Crippen LogP contribution is -2.47. The van der Waals surface area contributed by atoms with Crippen LogP contribution in [-0.2, 0) is 25.5 Å². The first-order valence-electron chi connectivity index (χ1n) is 8.15. The second-order valence-corrected chi connectivity index (χ2v) is 5.93. The molecule has 1 fully saturated rings. The standard InChI is InChI=1S/C19H21NO4/c1-23-19(22)16(20-18(21)17-10-5-11-24-17)12-14-8-4-7-13-6-2-3-9-15(13)14/h2-4,6-9,16-17H,5,10-12H2,1H3,(H,20,21)/t16-,17+/m1/s1. The van der Waals surface area contributed by atoms with Crippen molar-refractivity contribution in [2.24, 2.45) is 0 Å². The van der Waals surface area contributed by atoms with Gasteiger partial charge >= 0.3 is 5.97 Å². The number of amides is 1. The number of methoxy groups -OCH3 is 1. The van der Waals surface area contributed by atoms with E-state index in [9.17, 15) is 9.59 Å². The Kier molecular flexibility index (Phi) is 5.11. The molecule has 0 unspecified atom stereocenters. The van der Waals surface area contributed by atoms with Crippen LogP contribution in [0.15, 0.2) is 42.5 Å². The van der Waals surface area contributed by atoms with Crippen LogP contribution in [0.25, 0.3) is 10.8 Å². The summed E-state index contributed by atoms with van der Waals surface area (Å²) in [5.41, 5.74) is 0.996. The van der Waals surface area contributed by atoms with Gasteiger partial charge in [-0.05, 0) is 29.2 Å². The Bertz CT molecular complexity index is 732. The maximum Gasteiger partial charge on any atom is 0.328 e. The third kappa shape index (κ3) is 3.57. The number of esters is 1. The Morgan fingerprint density at radius 2 is 2.04 bits per heavy atom. The lowest BCUT2D eigenvalue weighted by molar-refractivity contribution is -0.146. The van der Waals surface area contributed by atoms with E-state index in [4.69, 9.17) is 9.47 Å². The molecule has 1 N–H and O–H groups in total. The Labute approximate surface area is 140 Å². The maximum atomic E-state index is 12.3. The molecule has 1 saturated heterocycles. The monoisotopic (exact) mass is 327 g/mol. The zero-order chi connectivity index (χ0) is 16.9. The van der Waals surface area contributed by atoms with E-state index in [-0.39, 0.29) is 5.91 Å². The molecule has 0 aliphatic carbocycles. The molecule has 0 aromatic heterocycles. The number of rotatable bonds is 5. The second kappa shape index (κ2) is 7.45. The first kappa shape index (κ1) is 16.5. The van der Waals surface area contributed by atoms with Crippen LogP contribution in [0.3, 0.4) is 0 Å². The fourth-order valence-corrected chi connectivity index (χ4v) is 3.08. The van der Waals surface area contributed by atoms with E-state index in [1.165, 1.54) is 7.11 Å². The van der Waals surface area contributed by atoms with Crippen molar-refractivity contribution in [1.82, 2.24) is 5.32 Å². The van der Waals surface area contributed by atoms with Crippen LogP contribution in [0.4, 0.5) is 0 Å². The minimum Gasteiger partial charge on any atom is -0.467 e. The Hall–Kier alpha value is -2.40. The highest BCUT2D eigenvalue weighted by atomic mass is 16.5. The van der Waals surface area contributed by atoms with Crippen molar-refractivity contribution in [3.8, 4) is 0 Å². The van der Waals surface area contributed by atoms with Gasteiger partial charge in [0.25, 0.3) is 0 Å². The minimum atomic E-state index is -0.725. The number of hydrogen-bond acceptors (Lipinski definition) is 4. The molecule has 0 saturated carbocycles. The van der Waals surface area contributed by atoms with Crippen molar-refractivity contribution in [2.45, 2.75) is 31.4 Å². The second-order valence-electron chi connectivity index (χ2n) is 5.93. The van der Waals surface area contributed by atoms with Crippen LogP contribution in [0.5, 0.6) is 0 Å². The molecular formula is C19H21NO4. The Balaban J connectivity index is 1.81. The highest BCUT2D eigenvalue weighted by molar-refractivity contribution is 5.89. The summed E-state index contributed by atoms with van der Waals surface area (Å²) in [5.74, 6) is -0.697. The van der Waals surface area contributed by atoms with Crippen molar-refractivity contribution >= 4 is 22.6 Å². The summed E-state index contributed by atoms with van der Waals surface area (Å²) < 4.78 is 10.3. The molecule has 1 amide bonds. The van der Waals surface area contributed by atoms with Gasteiger partial charge < -0.3 is 14.8 Å². The molecule has 5 heteroatoms. The molecular weight excluding hydrogens is 306 g/mol. The van der Waals surface area contributed by atoms with Gasteiger partial charge in [0.15, 0.2) is 0 Å². The molecule has 24 heavy (non-hydrogen) atoms. The van der Waals surface area contributed by atoms with Gasteiger partial charge in [0.1, 0.15) is 12.1 Å². The Morgan fingerprint density at radius 3 is 2.79 bits per heavy atom. The number of carbonyl (C=O) groups excluding carboxylic acids is 2. The largest absolute Gasteiger partial charge is 0.467 e. The zero-order valence-corrected chi connectivity index (χ0v) is 13.7. The van der Waals surface area contributed by atoms with Crippen LogP contribution < -0.4 is 5.32 Å². The zero-order valence-electron chi connectivity index (χ0n) is 13.7. The van der Waals surface area contributed by atoms with Crippen molar-refractivity contribution in [1.29, 1.82) is 0 Å². The fourth-order valence-electron chi connectivity index (χ4n) is 3.08. The van der Waals surface area contributed by atoms with Crippen LogP contribution in [0.1, 0.15) is 18.4 Å². The predicted molar refractivity (Wildman–Crippen MR) is 90.6 cm³/mol. The molecule has 1 aliphatic heterocycles. The van der Waals surface area contributed by atoms with Gasteiger partial charge in [-0.2, -0.15) is 0 Å². The first-order chi connectivity index (χ1) is 11.7. The molecule has 2 aromatic carbocycles. The molecule has 0 spiro atoms. The minimum absolute atomic E-state index is 0.247. The lowest BCUT2D eigenvalue weighted by Gasteiger charge is -2.19. The van der Waals surface area contributed by atoms with E-state index in [0.29, 0.717) is 19.4 Å². The molecule has 1 heterocycles. The topological polar surface area (TPSA) is 64.6 Å². The number of carbonyl (C=O) groups is 2. The summed E-state index contributed by atoms with van der Waals surface area (Å²) in [4.78, 5) is 24.4. The van der Waals surface area contributed by atoms with E-state index >= 15 is 0 Å². The van der Waals surface area contributed by atoms with E-state index in [1.54, 1.807) is 0 Å². The van der Waals surface area contributed by atoms with Gasteiger partial charge in [0.05, 0.1) is 7.11 Å². The normalized spacial score (nSPS) is 18.3. The van der Waals surface area contributed by atoms with Crippen LogP contribution in [-0.4, -0.2) is 37.7 Å². The van der Waals surface area contributed by atoms with Crippen LogP contribution in [0.2, 0.25) is 0 Å². The quantitative estimate of drug-likeness (QED) is 0.855. The molecule has 126 valence electrons.